The van der Waals surface area contributed by atoms with Gasteiger partial charge in [-0.3, -0.25) is 5.01 Å². The Morgan fingerprint density at radius 1 is 1.39 bits per heavy atom. The maximum Gasteiger partial charge on any atom is 0.418 e. The maximum atomic E-state index is 12.6. The quantitative estimate of drug-likeness (QED) is 0.606. The Labute approximate surface area is 101 Å². The fraction of sp³-hybridized carbons (Fsp3) is 0.300. The highest BCUT2D eigenvalue weighted by atomic mass is 19.4. The van der Waals surface area contributed by atoms with Gasteiger partial charge in [0.15, 0.2) is 0 Å². The molecule has 1 aromatic carbocycles. The van der Waals surface area contributed by atoms with Crippen molar-refractivity contribution in [2.24, 2.45) is 10.3 Å². The van der Waals surface area contributed by atoms with Crippen LogP contribution in [0.3, 0.4) is 0 Å². The summed E-state index contributed by atoms with van der Waals surface area (Å²) in [5.74, 6) is -1.40. The third-order valence-electron chi connectivity index (χ3n) is 1.87. The molecule has 0 aliphatic heterocycles. The lowest BCUT2D eigenvalue weighted by Crippen LogP contribution is -2.33. The topological polar surface area (TPSA) is 68.1 Å². The second-order valence-corrected chi connectivity index (χ2v) is 3.39. The van der Waals surface area contributed by atoms with Crippen molar-refractivity contribution in [2.45, 2.75) is 6.18 Å². The molecule has 0 atom stereocenters. The van der Waals surface area contributed by atoms with Crippen LogP contribution in [0.25, 0.3) is 0 Å². The monoisotopic (exact) mass is 260 g/mol. The molecule has 98 valence electrons. The largest absolute Gasteiger partial charge is 0.548 e. The minimum Gasteiger partial charge on any atom is -0.548 e. The molecule has 0 aliphatic rings. The van der Waals surface area contributed by atoms with Crippen molar-refractivity contribution in [1.82, 2.24) is 5.01 Å². The minimum atomic E-state index is -4.54. The minimum absolute atomic E-state index is 0.379. The van der Waals surface area contributed by atoms with E-state index in [1.165, 1.54) is 19.2 Å². The zero-order valence-electron chi connectivity index (χ0n) is 9.31. The van der Waals surface area contributed by atoms with Gasteiger partial charge in [-0.05, 0) is 12.1 Å². The van der Waals surface area contributed by atoms with Crippen LogP contribution in [-0.2, 0) is 11.0 Å². The molecule has 0 heterocycles. The summed E-state index contributed by atoms with van der Waals surface area (Å²) in [6, 6.07) is 4.61. The van der Waals surface area contributed by atoms with Crippen LogP contribution in [0.15, 0.2) is 34.6 Å². The van der Waals surface area contributed by atoms with Crippen LogP contribution in [0.5, 0.6) is 0 Å². The average Bonchev–Trinajstić information content (AvgIpc) is 2.24. The van der Waals surface area contributed by atoms with Crippen LogP contribution in [0.2, 0.25) is 0 Å². The van der Waals surface area contributed by atoms with Crippen molar-refractivity contribution in [2.75, 3.05) is 13.6 Å². The summed E-state index contributed by atoms with van der Waals surface area (Å²) in [5.41, 5.74) is -1.31. The standard InChI is InChI=1S/C10H10F3N3O2/c1-16(6-9(17)18)15-14-8-5-3-2-4-7(8)10(11,12)13/h2-5H,6H2,1H3,(H,17,18)/p-1. The molecule has 0 aromatic heterocycles. The number of hydrogen-bond donors (Lipinski definition) is 0. The molecule has 0 unspecified atom stereocenters. The molecule has 0 fully saturated rings. The number of likely N-dealkylation sites (N-methyl/N-ethyl adjacent to an activating group) is 1. The summed E-state index contributed by atoms with van der Waals surface area (Å²) in [7, 11) is 1.26. The summed E-state index contributed by atoms with van der Waals surface area (Å²) in [6.45, 7) is -0.558. The zero-order valence-corrected chi connectivity index (χ0v) is 9.31. The molecule has 8 heteroatoms. The number of hydrogen-bond acceptors (Lipinski definition) is 4. The van der Waals surface area contributed by atoms with Gasteiger partial charge in [-0.2, -0.15) is 13.2 Å². The lowest BCUT2D eigenvalue weighted by molar-refractivity contribution is -0.306. The smallest absolute Gasteiger partial charge is 0.418 e. The maximum absolute atomic E-state index is 12.6. The Balaban J connectivity index is 2.91. The number of carboxylic acid groups (broad SMARTS) is 1. The molecule has 0 N–H and O–H groups in total. The van der Waals surface area contributed by atoms with E-state index >= 15 is 0 Å². The van der Waals surface area contributed by atoms with Gasteiger partial charge in [-0.15, -0.1) is 5.11 Å². The molecule has 5 nitrogen and oxygen atoms in total. The molecule has 0 saturated heterocycles. The first-order valence-corrected chi connectivity index (χ1v) is 4.79. The SMILES string of the molecule is CN(CC(=O)[O-])N=Nc1ccccc1C(F)(F)F. The van der Waals surface area contributed by atoms with E-state index in [4.69, 9.17) is 0 Å². The van der Waals surface area contributed by atoms with Gasteiger partial charge >= 0.3 is 6.18 Å². The van der Waals surface area contributed by atoms with Crippen molar-refractivity contribution in [3.63, 3.8) is 0 Å². The molecular weight excluding hydrogens is 251 g/mol. The number of carbonyl (C=O) groups is 1. The average molecular weight is 260 g/mol. The van der Waals surface area contributed by atoms with Gasteiger partial charge in [-0.25, -0.2) is 0 Å². The highest BCUT2D eigenvalue weighted by Gasteiger charge is 2.33. The number of carbonyl (C=O) groups excluding carboxylic acids is 1. The highest BCUT2D eigenvalue weighted by molar-refractivity contribution is 5.66. The van der Waals surface area contributed by atoms with Gasteiger partial charge in [0.05, 0.1) is 23.8 Å². The summed E-state index contributed by atoms with van der Waals surface area (Å²) in [5, 5.41) is 17.8. The van der Waals surface area contributed by atoms with E-state index in [1.807, 2.05) is 0 Å². The second-order valence-electron chi connectivity index (χ2n) is 3.39. The summed E-state index contributed by atoms with van der Waals surface area (Å²) in [4.78, 5) is 10.2. The lowest BCUT2D eigenvalue weighted by atomic mass is 10.2. The molecule has 0 spiro atoms. The van der Waals surface area contributed by atoms with E-state index in [1.54, 1.807) is 0 Å². The van der Waals surface area contributed by atoms with Crippen molar-refractivity contribution in [1.29, 1.82) is 0 Å². The van der Waals surface area contributed by atoms with E-state index < -0.39 is 24.3 Å². The van der Waals surface area contributed by atoms with Gasteiger partial charge in [0, 0.05) is 7.05 Å². The molecule has 0 aliphatic carbocycles. The molecule has 0 bridgehead atoms. The highest BCUT2D eigenvalue weighted by Crippen LogP contribution is 2.36. The molecular formula is C10H9F3N3O2-. The number of rotatable bonds is 4. The number of carboxylic acids is 1. The summed E-state index contributed by atoms with van der Waals surface area (Å²) < 4.78 is 37.7. The normalized spacial score (nSPS) is 11.8. The van der Waals surface area contributed by atoms with E-state index in [0.29, 0.717) is 0 Å². The van der Waals surface area contributed by atoms with Crippen molar-refractivity contribution >= 4 is 11.7 Å². The number of benzene rings is 1. The first-order chi connectivity index (χ1) is 8.30. The Bertz CT molecular complexity index is 460. The van der Waals surface area contributed by atoms with Crippen LogP contribution in [-0.4, -0.2) is 24.6 Å². The Morgan fingerprint density at radius 3 is 2.56 bits per heavy atom. The molecule has 0 saturated carbocycles. The van der Waals surface area contributed by atoms with Crippen LogP contribution < -0.4 is 5.11 Å². The molecule has 1 rings (SSSR count). The van der Waals surface area contributed by atoms with Gasteiger partial charge < -0.3 is 9.90 Å². The fourth-order valence-corrected chi connectivity index (χ4v) is 1.14. The summed E-state index contributed by atoms with van der Waals surface area (Å²) >= 11 is 0. The van der Waals surface area contributed by atoms with Crippen LogP contribution in [0, 0.1) is 0 Å². The van der Waals surface area contributed by atoms with Crippen LogP contribution in [0.4, 0.5) is 18.9 Å². The first-order valence-electron chi connectivity index (χ1n) is 4.79. The second kappa shape index (κ2) is 5.48. The van der Waals surface area contributed by atoms with Crippen LogP contribution >= 0.6 is 0 Å². The van der Waals surface area contributed by atoms with Crippen molar-refractivity contribution < 1.29 is 23.1 Å². The Hall–Kier alpha value is -2.12. The number of nitrogens with zero attached hydrogens (tertiary/aromatic N) is 3. The zero-order chi connectivity index (χ0) is 13.8. The van der Waals surface area contributed by atoms with Crippen molar-refractivity contribution in [3.05, 3.63) is 29.8 Å². The molecule has 0 radical (unpaired) electrons. The fourth-order valence-electron chi connectivity index (χ4n) is 1.14. The van der Waals surface area contributed by atoms with Gasteiger partial charge in [0.1, 0.15) is 0 Å². The van der Waals surface area contributed by atoms with Crippen LogP contribution in [0.1, 0.15) is 5.56 Å². The number of alkyl halides is 3. The van der Waals surface area contributed by atoms with Gasteiger partial charge in [0.2, 0.25) is 0 Å². The predicted octanol–water partition coefficient (Wildman–Crippen LogP) is 1.39. The third kappa shape index (κ3) is 4.04. The summed E-state index contributed by atoms with van der Waals surface area (Å²) in [6.07, 6.45) is -4.54. The Kier molecular flexibility index (Phi) is 4.24. The van der Waals surface area contributed by atoms with E-state index in [9.17, 15) is 23.1 Å². The first kappa shape index (κ1) is 13.9. The number of aliphatic carboxylic acids is 1. The third-order valence-corrected chi connectivity index (χ3v) is 1.87. The van der Waals surface area contributed by atoms with E-state index in [-0.39, 0.29) is 5.69 Å². The molecule has 0 amide bonds. The van der Waals surface area contributed by atoms with Gasteiger partial charge in [-0.1, -0.05) is 17.4 Å². The number of halogens is 3. The predicted molar refractivity (Wildman–Crippen MR) is 53.6 cm³/mol. The molecule has 1 aromatic rings. The van der Waals surface area contributed by atoms with Crippen molar-refractivity contribution in [3.8, 4) is 0 Å². The molecule has 18 heavy (non-hydrogen) atoms. The van der Waals surface area contributed by atoms with E-state index in [0.717, 1.165) is 17.1 Å². The Morgan fingerprint density at radius 2 is 2.00 bits per heavy atom. The van der Waals surface area contributed by atoms with Gasteiger partial charge in [0.25, 0.3) is 0 Å². The van der Waals surface area contributed by atoms with E-state index in [2.05, 4.69) is 10.3 Å². The lowest BCUT2D eigenvalue weighted by Gasteiger charge is -2.12.